The highest BCUT2D eigenvalue weighted by atomic mass is 16.6. The summed E-state index contributed by atoms with van der Waals surface area (Å²) in [7, 11) is 0. The van der Waals surface area contributed by atoms with Gasteiger partial charge in [-0.25, -0.2) is 0 Å². The molecule has 1 unspecified atom stereocenters. The van der Waals surface area contributed by atoms with Crippen molar-refractivity contribution in [2.45, 2.75) is 13.0 Å². The fraction of sp³-hybridized carbons (Fsp3) is 0.267. The molecule has 102 valence electrons. The predicted molar refractivity (Wildman–Crippen MR) is 71.7 cm³/mol. The number of aryl methyl sites for hydroxylation is 1. The molecule has 1 aliphatic rings. The van der Waals surface area contributed by atoms with Gasteiger partial charge < -0.3 is 18.4 Å². The molecule has 5 heteroatoms. The minimum absolute atomic E-state index is 0.230. The van der Waals surface area contributed by atoms with Gasteiger partial charge in [-0.2, -0.15) is 0 Å². The molecule has 1 atom stereocenters. The molecule has 0 aliphatic carbocycles. The number of rotatable bonds is 4. The predicted octanol–water partition coefficient (Wildman–Crippen LogP) is 3.17. The number of benzene rings is 1. The molecule has 1 fully saturated rings. The zero-order valence-electron chi connectivity index (χ0n) is 11.0. The molecule has 3 aromatic rings. The third-order valence-corrected chi connectivity index (χ3v) is 3.22. The highest BCUT2D eigenvalue weighted by molar-refractivity contribution is 5.87. The molecule has 3 heterocycles. The van der Waals surface area contributed by atoms with Crippen molar-refractivity contribution in [3.05, 3.63) is 36.0 Å². The summed E-state index contributed by atoms with van der Waals surface area (Å²) >= 11 is 0. The molecule has 0 radical (unpaired) electrons. The zero-order valence-corrected chi connectivity index (χ0v) is 11.0. The number of nitrogens with zero attached hydrogens (tertiary/aromatic N) is 1. The van der Waals surface area contributed by atoms with E-state index in [4.69, 9.17) is 18.4 Å². The summed E-state index contributed by atoms with van der Waals surface area (Å²) in [6, 6.07) is 9.50. The number of fused-ring (bicyclic) bond motifs is 1. The summed E-state index contributed by atoms with van der Waals surface area (Å²) < 4.78 is 21.9. The van der Waals surface area contributed by atoms with Crippen LogP contribution in [0.25, 0.3) is 22.5 Å². The van der Waals surface area contributed by atoms with Crippen LogP contribution >= 0.6 is 0 Å². The van der Waals surface area contributed by atoms with Crippen LogP contribution in [0.4, 0.5) is 0 Å². The summed E-state index contributed by atoms with van der Waals surface area (Å²) in [6.45, 7) is 3.23. The highest BCUT2D eigenvalue weighted by Gasteiger charge is 2.23. The van der Waals surface area contributed by atoms with Crippen LogP contribution in [0.5, 0.6) is 5.75 Å². The van der Waals surface area contributed by atoms with E-state index >= 15 is 0 Å². The van der Waals surface area contributed by atoms with Gasteiger partial charge in [-0.15, -0.1) is 0 Å². The van der Waals surface area contributed by atoms with Gasteiger partial charge in [0.1, 0.15) is 24.0 Å². The third kappa shape index (κ3) is 2.06. The number of hydrogen-bond donors (Lipinski definition) is 0. The van der Waals surface area contributed by atoms with Crippen molar-refractivity contribution in [1.29, 1.82) is 0 Å². The van der Waals surface area contributed by atoms with Crippen LogP contribution in [0.3, 0.4) is 0 Å². The molecule has 1 aromatic carbocycles. The molecule has 2 aromatic heterocycles. The van der Waals surface area contributed by atoms with E-state index in [2.05, 4.69) is 5.16 Å². The minimum atomic E-state index is 0.230. The van der Waals surface area contributed by atoms with E-state index in [1.54, 1.807) is 0 Å². The maximum absolute atomic E-state index is 5.79. The summed E-state index contributed by atoms with van der Waals surface area (Å²) in [5.41, 5.74) is 1.59. The molecule has 0 N–H and O–H groups in total. The van der Waals surface area contributed by atoms with Crippen molar-refractivity contribution < 1.29 is 18.4 Å². The molecule has 1 saturated heterocycles. The van der Waals surface area contributed by atoms with Crippen LogP contribution in [0.15, 0.2) is 39.3 Å². The van der Waals surface area contributed by atoms with Crippen molar-refractivity contribution in [2.75, 3.05) is 13.2 Å². The largest absolute Gasteiger partial charge is 0.490 e. The van der Waals surface area contributed by atoms with Crippen molar-refractivity contribution in [3.63, 3.8) is 0 Å². The zero-order chi connectivity index (χ0) is 13.5. The Balaban J connectivity index is 1.72. The van der Waals surface area contributed by atoms with Gasteiger partial charge in [0.05, 0.1) is 17.7 Å². The van der Waals surface area contributed by atoms with Gasteiger partial charge in [0.2, 0.25) is 5.76 Å². The Labute approximate surface area is 115 Å². The Morgan fingerprint density at radius 1 is 1.30 bits per heavy atom. The maximum atomic E-state index is 5.79. The van der Waals surface area contributed by atoms with Crippen molar-refractivity contribution >= 4 is 11.0 Å². The second-order valence-corrected chi connectivity index (χ2v) is 4.88. The van der Waals surface area contributed by atoms with E-state index in [-0.39, 0.29) is 6.10 Å². The van der Waals surface area contributed by atoms with E-state index in [1.165, 1.54) is 0 Å². The Kier molecular flexibility index (Phi) is 2.53. The molecule has 20 heavy (non-hydrogen) atoms. The lowest BCUT2D eigenvalue weighted by Crippen LogP contribution is -2.03. The van der Waals surface area contributed by atoms with E-state index in [9.17, 15) is 0 Å². The van der Waals surface area contributed by atoms with Crippen LogP contribution < -0.4 is 4.74 Å². The lowest BCUT2D eigenvalue weighted by Gasteiger charge is -2.04. The Hall–Kier alpha value is -2.27. The number of furan rings is 1. The first-order valence-electron chi connectivity index (χ1n) is 6.50. The molecule has 0 bridgehead atoms. The molecule has 0 spiro atoms. The topological polar surface area (TPSA) is 60.9 Å². The first-order valence-corrected chi connectivity index (χ1v) is 6.50. The summed E-state index contributed by atoms with van der Waals surface area (Å²) in [5, 5.41) is 4.80. The van der Waals surface area contributed by atoms with Crippen LogP contribution in [-0.2, 0) is 4.74 Å². The van der Waals surface area contributed by atoms with Gasteiger partial charge in [0, 0.05) is 6.07 Å². The lowest BCUT2D eigenvalue weighted by atomic mass is 10.2. The van der Waals surface area contributed by atoms with Crippen molar-refractivity contribution in [1.82, 2.24) is 5.16 Å². The second kappa shape index (κ2) is 4.38. The van der Waals surface area contributed by atoms with E-state index < -0.39 is 0 Å². The highest BCUT2D eigenvalue weighted by Crippen LogP contribution is 2.34. The van der Waals surface area contributed by atoms with Crippen LogP contribution in [-0.4, -0.2) is 24.5 Å². The monoisotopic (exact) mass is 271 g/mol. The molecular formula is C15H13NO4. The van der Waals surface area contributed by atoms with Crippen LogP contribution in [0, 0.1) is 6.92 Å². The standard InChI is InChI=1S/C15H13NO4/c1-9-5-15(20-16-9)14-6-11-12(18-8-10-7-17-10)3-2-4-13(11)19-14/h2-6,10H,7-8H2,1H3. The Morgan fingerprint density at radius 3 is 2.95 bits per heavy atom. The van der Waals surface area contributed by atoms with E-state index in [1.807, 2.05) is 37.3 Å². The Morgan fingerprint density at radius 2 is 2.20 bits per heavy atom. The summed E-state index contributed by atoms with van der Waals surface area (Å²) in [4.78, 5) is 0. The summed E-state index contributed by atoms with van der Waals surface area (Å²) in [6.07, 6.45) is 0.230. The fourth-order valence-electron chi connectivity index (χ4n) is 2.11. The van der Waals surface area contributed by atoms with Gasteiger partial charge in [0.15, 0.2) is 5.76 Å². The maximum Gasteiger partial charge on any atom is 0.202 e. The number of ether oxygens (including phenoxy) is 2. The number of hydrogen-bond acceptors (Lipinski definition) is 5. The molecule has 0 saturated carbocycles. The van der Waals surface area contributed by atoms with E-state index in [0.29, 0.717) is 18.1 Å². The van der Waals surface area contributed by atoms with Gasteiger partial charge >= 0.3 is 0 Å². The average Bonchev–Trinajstić information content (AvgIpc) is 3.00. The molecule has 4 rings (SSSR count). The Bertz CT molecular complexity index is 754. The normalized spacial score (nSPS) is 17.6. The van der Waals surface area contributed by atoms with Crippen molar-refractivity contribution in [2.24, 2.45) is 0 Å². The fourth-order valence-corrected chi connectivity index (χ4v) is 2.11. The van der Waals surface area contributed by atoms with E-state index in [0.717, 1.165) is 29.0 Å². The smallest absolute Gasteiger partial charge is 0.202 e. The van der Waals surface area contributed by atoms with Gasteiger partial charge in [-0.3, -0.25) is 0 Å². The minimum Gasteiger partial charge on any atom is -0.490 e. The molecule has 1 aliphatic heterocycles. The van der Waals surface area contributed by atoms with Gasteiger partial charge in [-0.05, 0) is 25.1 Å². The second-order valence-electron chi connectivity index (χ2n) is 4.88. The number of aromatic nitrogens is 1. The van der Waals surface area contributed by atoms with Crippen LogP contribution in [0.2, 0.25) is 0 Å². The SMILES string of the molecule is Cc1cc(-c2cc3c(OCC4CO4)cccc3o2)on1. The summed E-state index contributed by atoms with van der Waals surface area (Å²) in [5.74, 6) is 2.07. The molecular weight excluding hydrogens is 258 g/mol. The first kappa shape index (κ1) is 11.5. The first-order chi connectivity index (χ1) is 9.79. The van der Waals surface area contributed by atoms with Crippen molar-refractivity contribution in [3.8, 4) is 17.3 Å². The van der Waals surface area contributed by atoms with Gasteiger partial charge in [0.25, 0.3) is 0 Å². The average molecular weight is 271 g/mol. The molecule has 0 amide bonds. The number of epoxide rings is 1. The lowest BCUT2D eigenvalue weighted by molar-refractivity contribution is 0.265. The van der Waals surface area contributed by atoms with Gasteiger partial charge in [-0.1, -0.05) is 11.2 Å². The van der Waals surface area contributed by atoms with Crippen LogP contribution in [0.1, 0.15) is 5.69 Å². The molecule has 5 nitrogen and oxygen atoms in total. The quantitative estimate of drug-likeness (QED) is 0.682. The third-order valence-electron chi connectivity index (χ3n) is 3.22.